The van der Waals surface area contributed by atoms with E-state index in [-0.39, 0.29) is 78.3 Å². The van der Waals surface area contributed by atoms with E-state index in [1.54, 1.807) is 12.1 Å². The van der Waals surface area contributed by atoms with Crippen molar-refractivity contribution in [3.05, 3.63) is 92.7 Å². The average molecular weight is 725 g/mol. The van der Waals surface area contributed by atoms with Gasteiger partial charge in [0, 0.05) is 49.2 Å². The van der Waals surface area contributed by atoms with Crippen molar-refractivity contribution >= 4 is 34.9 Å². The fourth-order valence-electron chi connectivity index (χ4n) is 6.46. The third-order valence-electron chi connectivity index (χ3n) is 8.95. The van der Waals surface area contributed by atoms with Crippen LogP contribution in [0.1, 0.15) is 40.2 Å². The first kappa shape index (κ1) is 33.9. The molecule has 2 aliphatic heterocycles. The minimum atomic E-state index is -4.63. The van der Waals surface area contributed by atoms with Crippen molar-refractivity contribution in [2.45, 2.75) is 37.6 Å². The molecule has 0 saturated carbocycles. The first-order valence-electron chi connectivity index (χ1n) is 15.7. The van der Waals surface area contributed by atoms with Gasteiger partial charge in [-0.3, -0.25) is 14.4 Å². The zero-order chi connectivity index (χ0) is 36.1. The monoisotopic (exact) mass is 724 g/mol. The molecule has 264 valence electrons. The summed E-state index contributed by atoms with van der Waals surface area (Å²) >= 11 is 6.12. The molecule has 0 bridgehead atoms. The number of carbonyl (C=O) groups excluding carboxylic acids is 2. The molecule has 5 aromatic rings. The van der Waals surface area contributed by atoms with Gasteiger partial charge in [0.1, 0.15) is 17.9 Å². The summed E-state index contributed by atoms with van der Waals surface area (Å²) in [5.74, 6) is -0.866. The van der Waals surface area contributed by atoms with Crippen LogP contribution in [0.25, 0.3) is 17.2 Å². The van der Waals surface area contributed by atoms with E-state index in [2.05, 4.69) is 25.4 Å². The number of nitrogens with one attached hydrogen (secondary N) is 1. The molecule has 14 nitrogen and oxygen atoms in total. The molecular weight excluding hydrogens is 697 g/mol. The molecule has 2 N–H and O–H groups in total. The number of pyridine rings is 2. The largest absolute Gasteiger partial charge is 0.505 e. The maximum atomic E-state index is 14.4. The molecule has 1 aromatic carbocycles. The Morgan fingerprint density at radius 3 is 2.59 bits per heavy atom. The molecule has 18 heteroatoms. The van der Waals surface area contributed by atoms with Crippen molar-refractivity contribution in [3.63, 3.8) is 0 Å². The van der Waals surface area contributed by atoms with Gasteiger partial charge in [-0.1, -0.05) is 11.6 Å². The highest BCUT2D eigenvalue weighted by Gasteiger charge is 2.46. The molecule has 1 spiro atoms. The number of fused-ring (bicyclic) bond motifs is 3. The van der Waals surface area contributed by atoms with Gasteiger partial charge in [0.15, 0.2) is 11.5 Å². The Kier molecular flexibility index (Phi) is 8.62. The SMILES string of the molecule is COc1ccc(-c2nc3n(CC(=O)Nc4ccc(C(F)(F)F)cc4Cl)c4c(c(=O)n3n2)C2(CCN(C(=O)c3ncccc3O)CC2)OCC4)cn1. The van der Waals surface area contributed by atoms with Crippen molar-refractivity contribution in [1.29, 1.82) is 0 Å². The van der Waals surface area contributed by atoms with E-state index < -0.39 is 41.3 Å². The van der Waals surface area contributed by atoms with Crippen molar-refractivity contribution < 1.29 is 37.3 Å². The number of piperidine rings is 1. The number of carbonyl (C=O) groups is 2. The van der Waals surface area contributed by atoms with Crippen LogP contribution in [-0.4, -0.2) is 77.8 Å². The Balaban J connectivity index is 1.28. The minimum Gasteiger partial charge on any atom is -0.505 e. The second-order valence-electron chi connectivity index (χ2n) is 11.9. The number of anilines is 1. The van der Waals surface area contributed by atoms with Crippen molar-refractivity contribution in [2.75, 3.05) is 32.1 Å². The topological polar surface area (TPSA) is 166 Å². The number of halogens is 4. The van der Waals surface area contributed by atoms with Crippen LogP contribution in [0.4, 0.5) is 18.9 Å². The van der Waals surface area contributed by atoms with Gasteiger partial charge in [-0.2, -0.15) is 22.7 Å². The molecule has 6 heterocycles. The highest BCUT2D eigenvalue weighted by Crippen LogP contribution is 2.41. The van der Waals surface area contributed by atoms with Crippen molar-refractivity contribution in [3.8, 4) is 23.0 Å². The predicted octanol–water partition coefficient (Wildman–Crippen LogP) is 4.08. The van der Waals surface area contributed by atoms with Crippen LogP contribution in [-0.2, 0) is 34.3 Å². The van der Waals surface area contributed by atoms with E-state index >= 15 is 0 Å². The lowest BCUT2D eigenvalue weighted by atomic mass is 9.81. The summed E-state index contributed by atoms with van der Waals surface area (Å²) < 4.78 is 53.7. The number of likely N-dealkylation sites (tertiary alicyclic amines) is 1. The van der Waals surface area contributed by atoms with E-state index in [4.69, 9.17) is 21.1 Å². The number of aromatic hydroxyl groups is 1. The molecule has 0 unspecified atom stereocenters. The highest BCUT2D eigenvalue weighted by molar-refractivity contribution is 6.33. The van der Waals surface area contributed by atoms with Crippen molar-refractivity contribution in [2.24, 2.45) is 0 Å². The number of nitrogens with zero attached hydrogens (tertiary/aromatic N) is 7. The smallest absolute Gasteiger partial charge is 0.416 e. The van der Waals surface area contributed by atoms with E-state index in [1.165, 1.54) is 41.1 Å². The number of aromatic nitrogens is 6. The lowest BCUT2D eigenvalue weighted by molar-refractivity contribution is -0.137. The predicted molar refractivity (Wildman–Crippen MR) is 174 cm³/mol. The number of benzene rings is 1. The molecule has 4 aromatic heterocycles. The van der Waals surface area contributed by atoms with E-state index in [9.17, 15) is 32.7 Å². The van der Waals surface area contributed by atoms with Crippen LogP contribution >= 0.6 is 11.6 Å². The Hall–Kier alpha value is -5.55. The van der Waals surface area contributed by atoms with Crippen LogP contribution < -0.4 is 15.6 Å². The van der Waals surface area contributed by atoms with Gasteiger partial charge in [0.05, 0.1) is 35.6 Å². The summed E-state index contributed by atoms with van der Waals surface area (Å²) in [5.41, 5.74) is -1.62. The fraction of sp³-hybridized carbons (Fsp3) is 0.303. The Morgan fingerprint density at radius 1 is 1.14 bits per heavy atom. The number of hydrogen-bond acceptors (Lipinski definition) is 10. The van der Waals surface area contributed by atoms with Gasteiger partial charge in [-0.15, -0.1) is 5.10 Å². The zero-order valence-electron chi connectivity index (χ0n) is 26.8. The number of rotatable bonds is 6. The Morgan fingerprint density at radius 2 is 1.92 bits per heavy atom. The van der Waals surface area contributed by atoms with Crippen LogP contribution in [0.3, 0.4) is 0 Å². The lowest BCUT2D eigenvalue weighted by Crippen LogP contribution is -2.52. The number of amides is 2. The lowest BCUT2D eigenvalue weighted by Gasteiger charge is -2.44. The molecule has 7 rings (SSSR count). The second kappa shape index (κ2) is 13.0. The van der Waals surface area contributed by atoms with E-state index in [1.807, 2.05) is 0 Å². The van der Waals surface area contributed by atoms with Gasteiger partial charge >= 0.3 is 6.18 Å². The molecule has 1 fully saturated rings. The van der Waals surface area contributed by atoms with Gasteiger partial charge in [0.25, 0.3) is 11.5 Å². The number of hydrogen-bond donors (Lipinski definition) is 2. The summed E-state index contributed by atoms with van der Waals surface area (Å²) in [4.78, 5) is 55.5. The van der Waals surface area contributed by atoms with Crippen LogP contribution in [0, 0.1) is 0 Å². The number of methoxy groups -OCH3 is 1. The third kappa shape index (κ3) is 6.22. The average Bonchev–Trinajstić information content (AvgIpc) is 3.57. The minimum absolute atomic E-state index is 0.0357. The first-order chi connectivity index (χ1) is 24.4. The van der Waals surface area contributed by atoms with E-state index in [0.717, 1.165) is 22.7 Å². The van der Waals surface area contributed by atoms with E-state index in [0.29, 0.717) is 17.1 Å². The van der Waals surface area contributed by atoms with Crippen LogP contribution in [0.2, 0.25) is 5.02 Å². The first-order valence-corrected chi connectivity index (χ1v) is 16.0. The molecule has 0 radical (unpaired) electrons. The van der Waals surface area contributed by atoms with Crippen LogP contribution in [0.5, 0.6) is 11.6 Å². The summed E-state index contributed by atoms with van der Waals surface area (Å²) in [6.45, 7) is 0.0903. The highest BCUT2D eigenvalue weighted by atomic mass is 35.5. The molecule has 0 atom stereocenters. The Bertz CT molecular complexity index is 2230. The van der Waals surface area contributed by atoms with Crippen molar-refractivity contribution in [1.82, 2.24) is 34.0 Å². The Labute approximate surface area is 291 Å². The van der Waals surface area contributed by atoms with Gasteiger partial charge < -0.3 is 29.4 Å². The zero-order valence-corrected chi connectivity index (χ0v) is 27.5. The van der Waals surface area contributed by atoms with Gasteiger partial charge in [0.2, 0.25) is 17.6 Å². The molecule has 1 saturated heterocycles. The maximum absolute atomic E-state index is 14.4. The quantitative estimate of drug-likeness (QED) is 0.261. The summed E-state index contributed by atoms with van der Waals surface area (Å²) in [6, 6.07) is 8.73. The molecular formula is C33H28ClF3N8O6. The molecule has 2 amide bonds. The van der Waals surface area contributed by atoms with Gasteiger partial charge in [-0.25, -0.2) is 9.97 Å². The number of ether oxygens (including phenoxy) is 2. The van der Waals surface area contributed by atoms with Gasteiger partial charge in [-0.05, 0) is 49.2 Å². The third-order valence-corrected chi connectivity index (χ3v) is 9.26. The molecule has 0 aliphatic carbocycles. The normalized spacial score (nSPS) is 15.5. The molecule has 51 heavy (non-hydrogen) atoms. The fourth-order valence-corrected chi connectivity index (χ4v) is 6.69. The summed E-state index contributed by atoms with van der Waals surface area (Å²) in [5, 5.41) is 16.9. The molecule has 2 aliphatic rings. The standard InChI is InChI=1S/C33H28ClF3N8O6/c1-50-25-7-4-18(16-39-25)28-41-31-44(17-24(47)40-21-6-5-19(15-20(21)34)33(35,36)37)22-8-14-51-32(26(22)29(48)45(31)42-28)9-12-43(13-10-32)30(49)27-23(46)3-2-11-38-27/h2-7,11,15-16,46H,8-10,12-14,17H2,1H3,(H,40,47). The summed E-state index contributed by atoms with van der Waals surface area (Å²) in [6.07, 6.45) is -1.12. The summed E-state index contributed by atoms with van der Waals surface area (Å²) in [7, 11) is 1.46. The maximum Gasteiger partial charge on any atom is 0.416 e. The second-order valence-corrected chi connectivity index (χ2v) is 12.4. The number of alkyl halides is 3. The van der Waals surface area contributed by atoms with Crippen LogP contribution in [0.15, 0.2) is 59.7 Å².